The number of H-pyrrole nitrogens is 1. The van der Waals surface area contributed by atoms with Crippen LogP contribution in [0.15, 0.2) is 70.0 Å². The largest absolute Gasteiger partial charge is 0.510 e. The summed E-state index contributed by atoms with van der Waals surface area (Å²) in [5.74, 6) is 0.617. The number of para-hydroxylation sites is 2. The number of thioether (sulfide) groups is 1. The van der Waals surface area contributed by atoms with Crippen molar-refractivity contribution < 1.29 is 9.52 Å². The van der Waals surface area contributed by atoms with Crippen LogP contribution in [0, 0.1) is 11.3 Å². The standard InChI is InChI=1S/C20H15N5O2S/c1-12(28-20-25-24-19(27-20)13-7-3-2-4-8-13)17(26)14(11-21)18-22-15-9-5-6-10-16(15)23-18/h2-10,12,26H,1H3,(H,22,23)/t12-/m0/s1. The van der Waals surface area contributed by atoms with E-state index in [2.05, 4.69) is 20.2 Å². The molecule has 0 aliphatic rings. The van der Waals surface area contributed by atoms with Crippen LogP contribution in [-0.2, 0) is 0 Å². The van der Waals surface area contributed by atoms with Crippen LogP contribution < -0.4 is 0 Å². The van der Waals surface area contributed by atoms with E-state index in [0.29, 0.717) is 16.9 Å². The van der Waals surface area contributed by atoms with Gasteiger partial charge in [0.15, 0.2) is 5.82 Å². The summed E-state index contributed by atoms with van der Waals surface area (Å²) in [5.41, 5.74) is 2.42. The molecule has 0 unspecified atom stereocenters. The lowest BCUT2D eigenvalue weighted by Crippen LogP contribution is -2.04. The van der Waals surface area contributed by atoms with E-state index in [1.807, 2.05) is 60.7 Å². The van der Waals surface area contributed by atoms with Crippen molar-refractivity contribution in [1.29, 1.82) is 5.26 Å². The summed E-state index contributed by atoms with van der Waals surface area (Å²) < 4.78 is 5.66. The molecular formula is C20H15N5O2S. The number of aliphatic hydroxyl groups is 1. The molecule has 4 aromatic rings. The highest BCUT2D eigenvalue weighted by Gasteiger charge is 2.21. The van der Waals surface area contributed by atoms with Crippen molar-refractivity contribution in [3.05, 3.63) is 66.2 Å². The van der Waals surface area contributed by atoms with Gasteiger partial charge in [-0.25, -0.2) is 4.98 Å². The van der Waals surface area contributed by atoms with Gasteiger partial charge >= 0.3 is 0 Å². The summed E-state index contributed by atoms with van der Waals surface area (Å²) in [4.78, 5) is 7.44. The first kappa shape index (κ1) is 17.8. The second-order valence-electron chi connectivity index (χ2n) is 5.97. The molecule has 2 aromatic heterocycles. The SMILES string of the molecule is C[C@H](Sc1nnc(-c2ccccc2)o1)C(O)=C(C#N)c1nc2ccccc2[nH]1. The van der Waals surface area contributed by atoms with E-state index in [-0.39, 0.29) is 11.3 Å². The van der Waals surface area contributed by atoms with Crippen LogP contribution in [0.4, 0.5) is 0 Å². The number of nitrogens with zero attached hydrogens (tertiary/aromatic N) is 4. The molecule has 8 heteroatoms. The lowest BCUT2D eigenvalue weighted by atomic mass is 10.2. The minimum atomic E-state index is -0.480. The first-order chi connectivity index (χ1) is 13.7. The maximum absolute atomic E-state index is 10.6. The summed E-state index contributed by atoms with van der Waals surface area (Å²) in [6.07, 6.45) is 0. The maximum atomic E-state index is 10.6. The number of aliphatic hydroxyl groups excluding tert-OH is 1. The molecule has 2 heterocycles. The van der Waals surface area contributed by atoms with Crippen molar-refractivity contribution >= 4 is 28.4 Å². The van der Waals surface area contributed by atoms with Crippen LogP contribution in [0.1, 0.15) is 12.7 Å². The Labute approximate surface area is 164 Å². The van der Waals surface area contributed by atoms with Gasteiger partial charge in [0, 0.05) is 5.56 Å². The van der Waals surface area contributed by atoms with Crippen LogP contribution in [0.2, 0.25) is 0 Å². The third kappa shape index (κ3) is 3.48. The number of rotatable bonds is 5. The van der Waals surface area contributed by atoms with Gasteiger partial charge in [-0.3, -0.25) is 0 Å². The maximum Gasteiger partial charge on any atom is 0.277 e. The first-order valence-corrected chi connectivity index (χ1v) is 9.37. The van der Waals surface area contributed by atoms with Gasteiger partial charge in [0.2, 0.25) is 5.89 Å². The Hall–Kier alpha value is -3.57. The highest BCUT2D eigenvalue weighted by atomic mass is 32.2. The lowest BCUT2D eigenvalue weighted by Gasteiger charge is -2.08. The molecule has 0 aliphatic heterocycles. The molecule has 4 rings (SSSR count). The van der Waals surface area contributed by atoms with E-state index in [1.165, 1.54) is 11.8 Å². The Morgan fingerprint density at radius 3 is 2.64 bits per heavy atom. The lowest BCUT2D eigenvalue weighted by molar-refractivity contribution is 0.399. The van der Waals surface area contributed by atoms with Gasteiger partial charge in [0.1, 0.15) is 17.4 Å². The molecule has 0 aliphatic carbocycles. The second-order valence-corrected chi connectivity index (χ2v) is 7.27. The highest BCUT2D eigenvalue weighted by molar-refractivity contribution is 7.99. The summed E-state index contributed by atoms with van der Waals surface area (Å²) >= 11 is 1.17. The van der Waals surface area contributed by atoms with E-state index in [1.54, 1.807) is 6.92 Å². The van der Waals surface area contributed by atoms with Crippen LogP contribution in [0.3, 0.4) is 0 Å². The fourth-order valence-electron chi connectivity index (χ4n) is 2.67. The van der Waals surface area contributed by atoms with Gasteiger partial charge in [0.25, 0.3) is 5.22 Å². The molecule has 0 amide bonds. The first-order valence-electron chi connectivity index (χ1n) is 8.49. The van der Waals surface area contributed by atoms with E-state index in [4.69, 9.17) is 4.42 Å². The smallest absolute Gasteiger partial charge is 0.277 e. The summed E-state index contributed by atoms with van der Waals surface area (Å²) in [5, 5.41) is 28.1. The number of imidazole rings is 1. The number of hydrogen-bond acceptors (Lipinski definition) is 7. The van der Waals surface area contributed by atoms with Crippen LogP contribution in [0.25, 0.3) is 28.1 Å². The molecule has 2 N–H and O–H groups in total. The Bertz CT molecular complexity index is 1160. The molecule has 2 aromatic carbocycles. The molecule has 0 bridgehead atoms. The molecule has 0 spiro atoms. The molecular weight excluding hydrogens is 374 g/mol. The summed E-state index contributed by atoms with van der Waals surface area (Å²) in [6, 6.07) is 18.9. The van der Waals surface area contributed by atoms with E-state index < -0.39 is 5.25 Å². The number of fused-ring (bicyclic) bond motifs is 1. The predicted molar refractivity (Wildman–Crippen MR) is 106 cm³/mol. The molecule has 0 radical (unpaired) electrons. The quantitative estimate of drug-likeness (QED) is 0.292. The number of nitriles is 1. The fraction of sp³-hybridized carbons (Fsp3) is 0.100. The summed E-state index contributed by atoms with van der Waals surface area (Å²) in [6.45, 7) is 1.76. The summed E-state index contributed by atoms with van der Waals surface area (Å²) in [7, 11) is 0. The zero-order valence-corrected chi connectivity index (χ0v) is 15.6. The third-order valence-corrected chi connectivity index (χ3v) is 5.03. The number of nitrogens with one attached hydrogen (secondary N) is 1. The minimum Gasteiger partial charge on any atom is -0.510 e. The van der Waals surface area contributed by atoms with Crippen molar-refractivity contribution in [2.24, 2.45) is 0 Å². The predicted octanol–water partition coefficient (Wildman–Crippen LogP) is 4.59. The molecule has 138 valence electrons. The van der Waals surface area contributed by atoms with E-state index in [0.717, 1.165) is 16.6 Å². The van der Waals surface area contributed by atoms with Gasteiger partial charge in [0.05, 0.1) is 16.3 Å². The average molecular weight is 389 g/mol. The van der Waals surface area contributed by atoms with Crippen LogP contribution >= 0.6 is 11.8 Å². The fourth-order valence-corrected chi connectivity index (χ4v) is 3.41. The minimum absolute atomic E-state index is 0.0824. The van der Waals surface area contributed by atoms with Gasteiger partial charge in [-0.1, -0.05) is 42.1 Å². The van der Waals surface area contributed by atoms with Crippen molar-refractivity contribution in [1.82, 2.24) is 20.2 Å². The monoisotopic (exact) mass is 389 g/mol. The molecule has 28 heavy (non-hydrogen) atoms. The van der Waals surface area contributed by atoms with Crippen LogP contribution in [0.5, 0.6) is 0 Å². The number of benzene rings is 2. The van der Waals surface area contributed by atoms with Gasteiger partial charge < -0.3 is 14.5 Å². The third-order valence-electron chi connectivity index (χ3n) is 4.08. The van der Waals surface area contributed by atoms with E-state index in [9.17, 15) is 10.4 Å². The Morgan fingerprint density at radius 1 is 1.14 bits per heavy atom. The Balaban J connectivity index is 1.58. The Kier molecular flexibility index (Phi) is 4.83. The Morgan fingerprint density at radius 2 is 1.89 bits per heavy atom. The molecule has 7 nitrogen and oxygen atoms in total. The zero-order chi connectivity index (χ0) is 19.5. The number of aromatic nitrogens is 4. The topological polar surface area (TPSA) is 112 Å². The van der Waals surface area contributed by atoms with Gasteiger partial charge in [-0.05, 0) is 31.2 Å². The average Bonchev–Trinajstić information content (AvgIpc) is 3.36. The van der Waals surface area contributed by atoms with Gasteiger partial charge in [-0.15, -0.1) is 10.2 Å². The molecule has 0 fully saturated rings. The number of aromatic amines is 1. The normalized spacial score (nSPS) is 13.1. The van der Waals surface area contributed by atoms with E-state index >= 15 is 0 Å². The van der Waals surface area contributed by atoms with Crippen LogP contribution in [-0.4, -0.2) is 30.5 Å². The highest BCUT2D eigenvalue weighted by Crippen LogP contribution is 2.31. The number of allylic oxidation sites excluding steroid dienone is 1. The number of hydrogen-bond donors (Lipinski definition) is 2. The zero-order valence-electron chi connectivity index (χ0n) is 14.8. The van der Waals surface area contributed by atoms with Crippen molar-refractivity contribution in [3.8, 4) is 17.5 Å². The second kappa shape index (κ2) is 7.58. The molecule has 0 saturated carbocycles. The molecule has 0 saturated heterocycles. The van der Waals surface area contributed by atoms with Crippen molar-refractivity contribution in [2.75, 3.05) is 0 Å². The van der Waals surface area contributed by atoms with Crippen molar-refractivity contribution in [3.63, 3.8) is 0 Å². The molecule has 1 atom stereocenters. The van der Waals surface area contributed by atoms with Crippen molar-refractivity contribution in [2.45, 2.75) is 17.4 Å². The van der Waals surface area contributed by atoms with Gasteiger partial charge in [-0.2, -0.15) is 5.26 Å².